The molecule has 3 heteroatoms. The lowest BCUT2D eigenvalue weighted by molar-refractivity contribution is -0.495. The molecule has 0 aliphatic heterocycles. The normalized spacial score (nSPS) is 12.9. The van der Waals surface area contributed by atoms with E-state index >= 15 is 0 Å². The first kappa shape index (κ1) is 21.7. The number of rotatable bonds is 6. The molecule has 3 aromatic heterocycles. The minimum Gasteiger partial charge on any atom is -0.297 e. The summed E-state index contributed by atoms with van der Waals surface area (Å²) < 4.78 is 4.86. The second-order valence-corrected chi connectivity index (χ2v) is 11.0. The van der Waals surface area contributed by atoms with Gasteiger partial charge in [-0.05, 0) is 62.1 Å². The smallest absolute Gasteiger partial charge is 0.267 e. The predicted octanol–water partition coefficient (Wildman–Crippen LogP) is 7.11. The molecule has 1 N–H and O–H groups in total. The quantitative estimate of drug-likeness (QED) is 0.332. The first-order valence-electron chi connectivity index (χ1n) is 11.7. The third-order valence-electron chi connectivity index (χ3n) is 6.03. The third kappa shape index (κ3) is 4.28. The van der Waals surface area contributed by atoms with E-state index in [-0.39, 0.29) is 11.0 Å². The number of nitrogens with one attached hydrogen (secondary N) is 1. The molecule has 4 rings (SSSR count). The second-order valence-electron chi connectivity index (χ2n) is 11.0. The molecule has 0 fully saturated rings. The van der Waals surface area contributed by atoms with Gasteiger partial charge < -0.3 is 0 Å². The van der Waals surface area contributed by atoms with Crippen LogP contribution in [0.5, 0.6) is 0 Å². The maximum Gasteiger partial charge on any atom is 0.267 e. The molecule has 0 aliphatic carbocycles. The van der Waals surface area contributed by atoms with Crippen molar-refractivity contribution in [1.82, 2.24) is 4.40 Å². The van der Waals surface area contributed by atoms with Gasteiger partial charge in [-0.2, -0.15) is 0 Å². The van der Waals surface area contributed by atoms with Crippen molar-refractivity contribution in [3.8, 4) is 0 Å². The molecule has 4 aromatic rings. The number of nitrogens with zero attached hydrogens (tertiary/aromatic N) is 2. The fraction of sp³-hybridized carbons (Fsp3) is 0.464. The van der Waals surface area contributed by atoms with E-state index in [2.05, 4.69) is 111 Å². The van der Waals surface area contributed by atoms with Gasteiger partial charge in [-0.3, -0.25) is 5.32 Å². The van der Waals surface area contributed by atoms with Crippen LogP contribution >= 0.6 is 0 Å². The average Bonchev–Trinajstić information content (AvgIpc) is 2.97. The van der Waals surface area contributed by atoms with E-state index in [1.54, 1.807) is 0 Å². The van der Waals surface area contributed by atoms with Gasteiger partial charge in [0.1, 0.15) is 0 Å². The number of fused-ring (bicyclic) bond motifs is 5. The average molecular weight is 417 g/mol. The molecule has 3 nitrogen and oxygen atoms in total. The molecule has 0 radical (unpaired) electrons. The van der Waals surface area contributed by atoms with Crippen LogP contribution in [0.15, 0.2) is 48.7 Å². The lowest BCUT2D eigenvalue weighted by Crippen LogP contribution is -2.39. The zero-order valence-corrected chi connectivity index (χ0v) is 20.3. The minimum absolute atomic E-state index is 0.0374. The summed E-state index contributed by atoms with van der Waals surface area (Å²) in [6.45, 7) is 16.1. The number of benzene rings is 1. The Balaban J connectivity index is 2.07. The number of pyridine rings is 2. The lowest BCUT2D eigenvalue weighted by Gasteiger charge is -2.31. The molecular formula is C28H38N3+. The van der Waals surface area contributed by atoms with Crippen LogP contribution in [0, 0.1) is 12.3 Å². The van der Waals surface area contributed by atoms with Gasteiger partial charge in [-0.15, -0.1) is 0 Å². The Morgan fingerprint density at radius 3 is 2.45 bits per heavy atom. The van der Waals surface area contributed by atoms with Crippen LogP contribution in [-0.2, 0) is 6.42 Å². The van der Waals surface area contributed by atoms with Crippen molar-refractivity contribution in [2.24, 2.45) is 5.41 Å². The largest absolute Gasteiger partial charge is 0.297 e. The van der Waals surface area contributed by atoms with Gasteiger partial charge in [0, 0.05) is 17.9 Å². The summed E-state index contributed by atoms with van der Waals surface area (Å²) in [5.41, 5.74) is 5.38. The monoisotopic (exact) mass is 416 g/mol. The highest BCUT2D eigenvalue weighted by Crippen LogP contribution is 2.34. The Kier molecular flexibility index (Phi) is 5.49. The van der Waals surface area contributed by atoms with Gasteiger partial charge in [0.25, 0.3) is 5.82 Å². The predicted molar refractivity (Wildman–Crippen MR) is 133 cm³/mol. The third-order valence-corrected chi connectivity index (χ3v) is 6.03. The fourth-order valence-electron chi connectivity index (χ4n) is 5.27. The summed E-state index contributed by atoms with van der Waals surface area (Å²) in [6.07, 6.45) is 6.83. The molecule has 31 heavy (non-hydrogen) atoms. The molecule has 1 aromatic carbocycles. The number of unbranched alkanes of at least 4 members (excludes halogenated alkanes) is 1. The van der Waals surface area contributed by atoms with E-state index in [9.17, 15) is 0 Å². The van der Waals surface area contributed by atoms with Crippen LogP contribution in [0.2, 0.25) is 0 Å². The van der Waals surface area contributed by atoms with Gasteiger partial charge in [-0.1, -0.05) is 58.4 Å². The zero-order valence-electron chi connectivity index (χ0n) is 20.3. The van der Waals surface area contributed by atoms with Gasteiger partial charge in [-0.25, -0.2) is 8.80 Å². The lowest BCUT2D eigenvalue weighted by atomic mass is 9.82. The van der Waals surface area contributed by atoms with Crippen LogP contribution in [0.25, 0.3) is 21.9 Å². The number of hydrogen-bond donors (Lipinski definition) is 1. The number of imidazole rings is 1. The van der Waals surface area contributed by atoms with Gasteiger partial charge in [0.2, 0.25) is 5.65 Å². The first-order chi connectivity index (χ1) is 14.6. The summed E-state index contributed by atoms with van der Waals surface area (Å²) in [6, 6.07) is 15.7. The molecule has 0 bridgehead atoms. The first-order valence-corrected chi connectivity index (χ1v) is 11.7. The number of anilines is 1. The van der Waals surface area contributed by atoms with E-state index in [0.29, 0.717) is 0 Å². The number of aromatic nitrogens is 2. The molecule has 3 heterocycles. The standard InChI is InChI=1S/C28H38N3/c1-8-9-13-22-17-21-12-10-11-14-23(21)25-26(29-28(6,7)19-27(3,4)5)30-18-20(2)15-16-24(30)31(22)25/h10-12,14-18,29H,8-9,13,19H2,1-7H3/q+1. The zero-order chi connectivity index (χ0) is 22.4. The molecule has 0 saturated heterocycles. The summed E-state index contributed by atoms with van der Waals surface area (Å²) in [5, 5.41) is 6.61. The maximum atomic E-state index is 3.99. The van der Waals surface area contributed by atoms with E-state index in [1.165, 1.54) is 51.9 Å². The highest BCUT2D eigenvalue weighted by Gasteiger charge is 2.32. The SMILES string of the molecule is CCCCc1cc2ccccc2c2c(NC(C)(C)CC(C)(C)C)[n+]3cc(C)ccc3n12. The van der Waals surface area contributed by atoms with Crippen LogP contribution in [0.4, 0.5) is 5.82 Å². The van der Waals surface area contributed by atoms with E-state index < -0.39 is 0 Å². The summed E-state index contributed by atoms with van der Waals surface area (Å²) >= 11 is 0. The Morgan fingerprint density at radius 2 is 1.74 bits per heavy atom. The summed E-state index contributed by atoms with van der Waals surface area (Å²) in [4.78, 5) is 0. The van der Waals surface area contributed by atoms with Gasteiger partial charge in [0.15, 0.2) is 5.52 Å². The Labute approximate surface area is 187 Å². The van der Waals surface area contributed by atoms with Crippen molar-refractivity contribution in [3.63, 3.8) is 0 Å². The highest BCUT2D eigenvalue weighted by molar-refractivity contribution is 6.01. The van der Waals surface area contributed by atoms with E-state index in [1.807, 2.05) is 0 Å². The Hall–Kier alpha value is -2.55. The maximum absolute atomic E-state index is 3.99. The Morgan fingerprint density at radius 1 is 1.00 bits per heavy atom. The van der Waals surface area contributed by atoms with E-state index in [0.717, 1.165) is 12.8 Å². The molecule has 0 spiro atoms. The van der Waals surface area contributed by atoms with Crippen LogP contribution in [0.3, 0.4) is 0 Å². The highest BCUT2D eigenvalue weighted by atomic mass is 15.2. The van der Waals surface area contributed by atoms with Crippen molar-refractivity contribution in [3.05, 3.63) is 59.9 Å². The van der Waals surface area contributed by atoms with Crippen molar-refractivity contribution in [2.75, 3.05) is 5.32 Å². The summed E-state index contributed by atoms with van der Waals surface area (Å²) in [7, 11) is 0. The number of aryl methyl sites for hydroxylation is 2. The second kappa shape index (κ2) is 7.85. The van der Waals surface area contributed by atoms with E-state index in [4.69, 9.17) is 0 Å². The topological polar surface area (TPSA) is 20.5 Å². The van der Waals surface area contributed by atoms with Crippen LogP contribution in [-0.4, -0.2) is 9.94 Å². The molecular weight excluding hydrogens is 378 g/mol. The molecule has 164 valence electrons. The van der Waals surface area contributed by atoms with Crippen molar-refractivity contribution in [2.45, 2.75) is 79.7 Å². The summed E-state index contributed by atoms with van der Waals surface area (Å²) in [5.74, 6) is 1.20. The molecule has 0 saturated carbocycles. The minimum atomic E-state index is -0.0374. The van der Waals surface area contributed by atoms with Crippen molar-refractivity contribution in [1.29, 1.82) is 0 Å². The Bertz CT molecular complexity index is 1240. The van der Waals surface area contributed by atoms with Crippen LogP contribution in [0.1, 0.15) is 72.1 Å². The van der Waals surface area contributed by atoms with Gasteiger partial charge in [0.05, 0.1) is 17.4 Å². The molecule has 0 atom stereocenters. The molecule has 0 unspecified atom stereocenters. The van der Waals surface area contributed by atoms with Crippen LogP contribution < -0.4 is 9.72 Å². The fourth-order valence-corrected chi connectivity index (χ4v) is 5.27. The van der Waals surface area contributed by atoms with Crippen molar-refractivity contribution >= 4 is 27.8 Å². The molecule has 0 aliphatic rings. The van der Waals surface area contributed by atoms with Gasteiger partial charge >= 0.3 is 0 Å². The van der Waals surface area contributed by atoms with Crippen molar-refractivity contribution < 1.29 is 4.40 Å². The number of hydrogen-bond acceptors (Lipinski definition) is 1. The molecule has 0 amide bonds.